The Morgan fingerprint density at radius 1 is 0.964 bits per heavy atom. The summed E-state index contributed by atoms with van der Waals surface area (Å²) >= 11 is 0. The second kappa shape index (κ2) is 7.72. The largest absolute Gasteiger partial charge is 0.378 e. The van der Waals surface area contributed by atoms with Crippen molar-refractivity contribution in [3.8, 4) is 0 Å². The van der Waals surface area contributed by atoms with Crippen molar-refractivity contribution in [3.05, 3.63) is 53.6 Å². The number of nitrogens with zero attached hydrogens (tertiary/aromatic N) is 2. The van der Waals surface area contributed by atoms with Crippen LogP contribution in [0.1, 0.15) is 34.6 Å². The van der Waals surface area contributed by atoms with Gasteiger partial charge in [0, 0.05) is 37.7 Å². The molecule has 146 valence electrons. The predicted molar refractivity (Wildman–Crippen MR) is 110 cm³/mol. The van der Waals surface area contributed by atoms with Crippen molar-refractivity contribution in [2.24, 2.45) is 5.92 Å². The highest BCUT2D eigenvalue weighted by Gasteiger charge is 2.35. The molecule has 1 aliphatic rings. The quantitative estimate of drug-likeness (QED) is 0.776. The third-order valence-corrected chi connectivity index (χ3v) is 4.40. The third kappa shape index (κ3) is 3.98. The summed E-state index contributed by atoms with van der Waals surface area (Å²) in [5.41, 5.74) is 2.75. The van der Waals surface area contributed by atoms with Crippen molar-refractivity contribution in [1.82, 2.24) is 4.90 Å². The third-order valence-electron chi connectivity index (χ3n) is 4.40. The fourth-order valence-corrected chi connectivity index (χ4v) is 3.05. The molecule has 2 aromatic rings. The van der Waals surface area contributed by atoms with Crippen LogP contribution in [0.3, 0.4) is 0 Å². The van der Waals surface area contributed by atoms with E-state index in [1.807, 2.05) is 51.0 Å². The molecule has 7 nitrogen and oxygen atoms in total. The molecular weight excluding hydrogens is 356 g/mol. The van der Waals surface area contributed by atoms with E-state index in [0.717, 1.165) is 5.69 Å². The maximum absolute atomic E-state index is 12.5. The molecule has 2 N–H and O–H groups in total. The molecule has 0 saturated heterocycles. The smallest absolute Gasteiger partial charge is 0.323 e. The van der Waals surface area contributed by atoms with Gasteiger partial charge < -0.3 is 15.5 Å². The zero-order valence-corrected chi connectivity index (χ0v) is 16.4. The van der Waals surface area contributed by atoms with E-state index in [1.54, 1.807) is 24.3 Å². The van der Waals surface area contributed by atoms with Gasteiger partial charge in [0.15, 0.2) is 0 Å². The second-order valence-electron chi connectivity index (χ2n) is 7.40. The van der Waals surface area contributed by atoms with E-state index in [9.17, 15) is 14.4 Å². The van der Waals surface area contributed by atoms with Gasteiger partial charge in [-0.15, -0.1) is 0 Å². The molecule has 0 aliphatic carbocycles. The Hall–Kier alpha value is -3.35. The van der Waals surface area contributed by atoms with Gasteiger partial charge >= 0.3 is 6.03 Å². The molecule has 0 bridgehead atoms. The highest BCUT2D eigenvalue weighted by atomic mass is 16.2. The molecule has 0 unspecified atom stereocenters. The molecule has 0 saturated carbocycles. The van der Waals surface area contributed by atoms with Crippen molar-refractivity contribution in [2.45, 2.75) is 13.8 Å². The average molecular weight is 380 g/mol. The zero-order valence-electron chi connectivity index (χ0n) is 16.4. The average Bonchev–Trinajstić information content (AvgIpc) is 2.86. The van der Waals surface area contributed by atoms with Crippen molar-refractivity contribution >= 4 is 34.9 Å². The Labute approximate surface area is 164 Å². The molecule has 0 fully saturated rings. The van der Waals surface area contributed by atoms with E-state index in [0.29, 0.717) is 29.0 Å². The van der Waals surface area contributed by atoms with E-state index in [-0.39, 0.29) is 17.7 Å². The summed E-state index contributed by atoms with van der Waals surface area (Å²) in [6.07, 6.45) is 0. The molecule has 1 aliphatic heterocycles. The number of amides is 4. The van der Waals surface area contributed by atoms with E-state index in [1.165, 1.54) is 4.90 Å². The molecule has 0 spiro atoms. The minimum Gasteiger partial charge on any atom is -0.378 e. The van der Waals surface area contributed by atoms with Gasteiger partial charge in [-0.25, -0.2) is 4.79 Å². The molecule has 1 heterocycles. The number of anilines is 3. The van der Waals surface area contributed by atoms with Crippen molar-refractivity contribution in [3.63, 3.8) is 0 Å². The van der Waals surface area contributed by atoms with E-state index >= 15 is 0 Å². The van der Waals surface area contributed by atoms with Crippen LogP contribution in [0.25, 0.3) is 0 Å². The number of rotatable bonds is 5. The number of carbonyl (C=O) groups is 3. The summed E-state index contributed by atoms with van der Waals surface area (Å²) in [6.45, 7) is 4.27. The minimum absolute atomic E-state index is 0.184. The maximum Gasteiger partial charge on any atom is 0.323 e. The van der Waals surface area contributed by atoms with Crippen LogP contribution >= 0.6 is 0 Å². The molecule has 4 amide bonds. The summed E-state index contributed by atoms with van der Waals surface area (Å²) in [7, 11) is 3.84. The van der Waals surface area contributed by atoms with Gasteiger partial charge in [-0.05, 0) is 42.3 Å². The fourth-order valence-electron chi connectivity index (χ4n) is 3.05. The van der Waals surface area contributed by atoms with Crippen LogP contribution in [0.15, 0.2) is 42.5 Å². The van der Waals surface area contributed by atoms with Crippen LogP contribution in [0.2, 0.25) is 0 Å². The molecule has 7 heteroatoms. The fraction of sp³-hybridized carbons (Fsp3) is 0.286. The molecule has 0 atom stereocenters. The molecule has 0 aromatic heterocycles. The summed E-state index contributed by atoms with van der Waals surface area (Å²) < 4.78 is 0. The Morgan fingerprint density at radius 3 is 2.25 bits per heavy atom. The highest BCUT2D eigenvalue weighted by Crippen LogP contribution is 2.27. The Balaban J connectivity index is 1.72. The van der Waals surface area contributed by atoms with Crippen LogP contribution in [-0.4, -0.2) is 43.4 Å². The van der Waals surface area contributed by atoms with Crippen molar-refractivity contribution < 1.29 is 14.4 Å². The first-order valence-electron chi connectivity index (χ1n) is 9.12. The molecule has 0 radical (unpaired) electrons. The van der Waals surface area contributed by atoms with Crippen molar-refractivity contribution in [2.75, 3.05) is 36.2 Å². The zero-order chi connectivity index (χ0) is 20.4. The predicted octanol–water partition coefficient (Wildman–Crippen LogP) is 3.65. The van der Waals surface area contributed by atoms with E-state index < -0.39 is 6.03 Å². The van der Waals surface area contributed by atoms with Gasteiger partial charge in [-0.1, -0.05) is 19.9 Å². The number of urea groups is 1. The first-order chi connectivity index (χ1) is 13.3. The lowest BCUT2D eigenvalue weighted by molar-refractivity contribution is 0.0636. The van der Waals surface area contributed by atoms with Gasteiger partial charge in [0.2, 0.25) is 0 Å². The Morgan fingerprint density at radius 2 is 1.61 bits per heavy atom. The van der Waals surface area contributed by atoms with Gasteiger partial charge in [0.25, 0.3) is 11.8 Å². The van der Waals surface area contributed by atoms with Gasteiger partial charge in [0.1, 0.15) is 0 Å². The maximum atomic E-state index is 12.5. The topological polar surface area (TPSA) is 81.8 Å². The van der Waals surface area contributed by atoms with Gasteiger partial charge in [0.05, 0.1) is 11.1 Å². The van der Waals surface area contributed by atoms with Crippen molar-refractivity contribution in [1.29, 1.82) is 0 Å². The van der Waals surface area contributed by atoms with Gasteiger partial charge in [-0.3, -0.25) is 14.5 Å². The van der Waals surface area contributed by atoms with Crippen LogP contribution in [0, 0.1) is 5.92 Å². The van der Waals surface area contributed by atoms with Crippen LogP contribution < -0.4 is 15.5 Å². The first kappa shape index (κ1) is 19.4. The normalized spacial score (nSPS) is 13.0. The molecular formula is C21H24N4O3. The summed E-state index contributed by atoms with van der Waals surface area (Å²) in [4.78, 5) is 40.5. The number of carbonyl (C=O) groups excluding carboxylic acids is 3. The number of imide groups is 1. The first-order valence-corrected chi connectivity index (χ1v) is 9.12. The molecule has 28 heavy (non-hydrogen) atoms. The Kier molecular flexibility index (Phi) is 5.35. The lowest BCUT2D eigenvalue weighted by Gasteiger charge is -2.15. The summed E-state index contributed by atoms with van der Waals surface area (Å²) in [5, 5.41) is 5.48. The van der Waals surface area contributed by atoms with E-state index in [2.05, 4.69) is 10.6 Å². The van der Waals surface area contributed by atoms with Crippen LogP contribution in [0.5, 0.6) is 0 Å². The number of fused-ring (bicyclic) bond motifs is 1. The SMILES string of the molecule is CC(C)CN1C(=O)c2ccc(NC(=O)Nc3cccc(N(C)C)c3)cc2C1=O. The number of nitrogens with one attached hydrogen (secondary N) is 2. The standard InChI is InChI=1S/C21H24N4O3/c1-13(2)12-25-19(26)17-9-8-15(11-18(17)20(25)27)23-21(28)22-14-6-5-7-16(10-14)24(3)4/h5-11,13H,12H2,1-4H3,(H2,22,23,28). The lowest BCUT2D eigenvalue weighted by Crippen LogP contribution is -2.33. The lowest BCUT2D eigenvalue weighted by atomic mass is 10.1. The Bertz CT molecular complexity index is 937. The van der Waals surface area contributed by atoms with Crippen LogP contribution in [0.4, 0.5) is 21.9 Å². The summed E-state index contributed by atoms with van der Waals surface area (Å²) in [6, 6.07) is 11.8. The van der Waals surface area contributed by atoms with Gasteiger partial charge in [-0.2, -0.15) is 0 Å². The number of hydrogen-bond donors (Lipinski definition) is 2. The second-order valence-corrected chi connectivity index (χ2v) is 7.40. The molecule has 2 aromatic carbocycles. The minimum atomic E-state index is -0.424. The van der Waals surface area contributed by atoms with Crippen LogP contribution in [-0.2, 0) is 0 Å². The number of benzene rings is 2. The highest BCUT2D eigenvalue weighted by molar-refractivity contribution is 6.22. The number of hydrogen-bond acceptors (Lipinski definition) is 4. The molecule has 3 rings (SSSR count). The monoisotopic (exact) mass is 380 g/mol. The summed E-state index contributed by atoms with van der Waals surface area (Å²) in [5.74, 6) is -0.426. The van der Waals surface area contributed by atoms with E-state index in [4.69, 9.17) is 0 Å².